The van der Waals surface area contributed by atoms with E-state index in [1.807, 2.05) is 12.3 Å². The van der Waals surface area contributed by atoms with Gasteiger partial charge >= 0.3 is 5.97 Å². The molecule has 1 aliphatic rings. The first-order valence-corrected chi connectivity index (χ1v) is 5.22. The van der Waals surface area contributed by atoms with Crippen LogP contribution in [0.4, 0.5) is 0 Å². The molecule has 0 saturated heterocycles. The van der Waals surface area contributed by atoms with Crippen molar-refractivity contribution >= 4 is 11.6 Å². The molecule has 2 aromatic rings. The summed E-state index contributed by atoms with van der Waals surface area (Å²) in [5.41, 5.74) is 1.01. The maximum atomic E-state index is 11.1. The first-order valence-electron chi connectivity index (χ1n) is 5.22. The Kier molecular flexibility index (Phi) is 1.77. The van der Waals surface area contributed by atoms with Gasteiger partial charge in [-0.1, -0.05) is 0 Å². The van der Waals surface area contributed by atoms with Gasteiger partial charge in [0.1, 0.15) is 0 Å². The molecule has 2 heterocycles. The van der Waals surface area contributed by atoms with Gasteiger partial charge < -0.3 is 5.11 Å². The molecule has 5 nitrogen and oxygen atoms in total. The van der Waals surface area contributed by atoms with Crippen molar-refractivity contribution in [1.82, 2.24) is 14.6 Å². The summed E-state index contributed by atoms with van der Waals surface area (Å²) in [6, 6.07) is 3.65. The monoisotopic (exact) mass is 217 g/mol. The van der Waals surface area contributed by atoms with Crippen LogP contribution in [0.3, 0.4) is 0 Å². The summed E-state index contributed by atoms with van der Waals surface area (Å²) in [4.78, 5) is 15.2. The summed E-state index contributed by atoms with van der Waals surface area (Å²) in [7, 11) is 0. The minimum Gasteiger partial charge on any atom is -0.481 e. The van der Waals surface area contributed by atoms with Crippen molar-refractivity contribution in [1.29, 1.82) is 0 Å². The number of carboxylic acids is 1. The first kappa shape index (κ1) is 9.33. The van der Waals surface area contributed by atoms with Crippen LogP contribution in [0.25, 0.3) is 5.65 Å². The Balaban J connectivity index is 1.93. The first-order chi connectivity index (χ1) is 7.70. The summed E-state index contributed by atoms with van der Waals surface area (Å²) < 4.78 is 1.67. The summed E-state index contributed by atoms with van der Waals surface area (Å²) in [5, 5.41) is 13.4. The van der Waals surface area contributed by atoms with Gasteiger partial charge in [-0.15, -0.1) is 0 Å². The van der Waals surface area contributed by atoms with Crippen LogP contribution in [0, 0.1) is 5.41 Å². The largest absolute Gasteiger partial charge is 0.481 e. The van der Waals surface area contributed by atoms with E-state index in [1.165, 1.54) is 0 Å². The highest BCUT2D eigenvalue weighted by Gasteiger charge is 2.50. The molecule has 3 rings (SSSR count). The van der Waals surface area contributed by atoms with E-state index in [-0.39, 0.29) is 0 Å². The Morgan fingerprint density at radius 3 is 3.00 bits per heavy atom. The molecule has 0 amide bonds. The highest BCUT2D eigenvalue weighted by molar-refractivity contribution is 5.78. The van der Waals surface area contributed by atoms with Crippen LogP contribution in [0.1, 0.15) is 18.5 Å². The third kappa shape index (κ3) is 1.36. The molecule has 82 valence electrons. The second-order valence-corrected chi connectivity index (χ2v) is 4.32. The lowest BCUT2D eigenvalue weighted by Crippen LogP contribution is -2.17. The van der Waals surface area contributed by atoms with E-state index in [1.54, 1.807) is 16.8 Å². The summed E-state index contributed by atoms with van der Waals surface area (Å²) in [6.07, 6.45) is 5.52. The molecule has 0 radical (unpaired) electrons. The van der Waals surface area contributed by atoms with Crippen LogP contribution >= 0.6 is 0 Å². The van der Waals surface area contributed by atoms with Gasteiger partial charge in [-0.3, -0.25) is 4.79 Å². The molecule has 1 N–H and O–H groups in total. The molecular weight excluding hydrogens is 206 g/mol. The molecule has 1 saturated carbocycles. The van der Waals surface area contributed by atoms with E-state index >= 15 is 0 Å². The van der Waals surface area contributed by atoms with Gasteiger partial charge in [0, 0.05) is 24.9 Å². The number of carbonyl (C=O) groups is 1. The number of rotatable bonds is 3. The fourth-order valence-corrected chi connectivity index (χ4v) is 1.93. The molecule has 0 bridgehead atoms. The number of nitrogens with zero attached hydrogens (tertiary/aromatic N) is 3. The van der Waals surface area contributed by atoms with Crippen LogP contribution in [0.2, 0.25) is 0 Å². The minimum atomic E-state index is -0.711. The van der Waals surface area contributed by atoms with E-state index in [0.29, 0.717) is 6.42 Å². The fraction of sp³-hybridized carbons (Fsp3) is 0.364. The maximum absolute atomic E-state index is 11.1. The van der Waals surface area contributed by atoms with Crippen molar-refractivity contribution in [2.24, 2.45) is 5.41 Å². The summed E-state index contributed by atoms with van der Waals surface area (Å²) in [5.74, 6) is -0.711. The number of aliphatic carboxylic acids is 1. The Labute approximate surface area is 91.7 Å². The average Bonchev–Trinajstić information content (AvgIpc) is 2.92. The molecule has 0 spiro atoms. The van der Waals surface area contributed by atoms with E-state index in [4.69, 9.17) is 5.11 Å². The van der Waals surface area contributed by atoms with Crippen molar-refractivity contribution in [3.05, 3.63) is 30.2 Å². The second-order valence-electron chi connectivity index (χ2n) is 4.32. The van der Waals surface area contributed by atoms with Crippen LogP contribution in [-0.2, 0) is 11.2 Å². The molecule has 5 heteroatoms. The Morgan fingerprint density at radius 2 is 2.38 bits per heavy atom. The van der Waals surface area contributed by atoms with Crippen molar-refractivity contribution < 1.29 is 9.90 Å². The summed E-state index contributed by atoms with van der Waals surface area (Å²) in [6.45, 7) is 0. The number of hydrogen-bond donors (Lipinski definition) is 1. The van der Waals surface area contributed by atoms with Gasteiger partial charge in [0.05, 0.1) is 11.1 Å². The Morgan fingerprint density at radius 1 is 1.56 bits per heavy atom. The van der Waals surface area contributed by atoms with Gasteiger partial charge in [-0.05, 0) is 18.9 Å². The normalized spacial score (nSPS) is 17.5. The van der Waals surface area contributed by atoms with Gasteiger partial charge in [-0.25, -0.2) is 9.50 Å². The number of carboxylic acid groups (broad SMARTS) is 1. The smallest absolute Gasteiger partial charge is 0.310 e. The summed E-state index contributed by atoms with van der Waals surface area (Å²) >= 11 is 0. The zero-order chi connectivity index (χ0) is 11.2. The molecule has 0 unspecified atom stereocenters. The van der Waals surface area contributed by atoms with Gasteiger partial charge in [0.25, 0.3) is 0 Å². The van der Waals surface area contributed by atoms with Gasteiger partial charge in [-0.2, -0.15) is 5.10 Å². The minimum absolute atomic E-state index is 0.506. The van der Waals surface area contributed by atoms with Crippen LogP contribution in [0.5, 0.6) is 0 Å². The van der Waals surface area contributed by atoms with Crippen molar-refractivity contribution in [2.45, 2.75) is 19.3 Å². The molecular formula is C11H11N3O2. The number of aromatic nitrogens is 3. The van der Waals surface area contributed by atoms with Gasteiger partial charge in [0.15, 0.2) is 5.65 Å². The lowest BCUT2D eigenvalue weighted by molar-refractivity contribution is -0.143. The van der Waals surface area contributed by atoms with E-state index in [9.17, 15) is 4.79 Å². The zero-order valence-corrected chi connectivity index (χ0v) is 8.63. The molecule has 1 fully saturated rings. The highest BCUT2D eigenvalue weighted by Crippen LogP contribution is 2.48. The lowest BCUT2D eigenvalue weighted by atomic mass is 10.0. The molecule has 0 aromatic carbocycles. The predicted molar refractivity (Wildman–Crippen MR) is 56.0 cm³/mol. The van der Waals surface area contributed by atoms with Crippen molar-refractivity contribution in [3.63, 3.8) is 0 Å². The standard InChI is InChI=1S/C11H11N3O2/c15-10(16)11(2-3-11)7-8-6-9-12-4-1-5-14(9)13-8/h1,4-6H,2-3,7H2,(H,15,16). The third-order valence-corrected chi connectivity index (χ3v) is 3.11. The Bertz CT molecular complexity index is 524. The Hall–Kier alpha value is -1.91. The SMILES string of the molecule is O=C(O)C1(Cc2cc3ncccn3n2)CC1. The van der Waals surface area contributed by atoms with E-state index < -0.39 is 11.4 Å². The highest BCUT2D eigenvalue weighted by atomic mass is 16.4. The van der Waals surface area contributed by atoms with Crippen LogP contribution < -0.4 is 0 Å². The predicted octanol–water partition coefficient (Wildman–Crippen LogP) is 1.14. The third-order valence-electron chi connectivity index (χ3n) is 3.11. The van der Waals surface area contributed by atoms with Crippen molar-refractivity contribution in [2.75, 3.05) is 0 Å². The fourth-order valence-electron chi connectivity index (χ4n) is 1.93. The number of fused-ring (bicyclic) bond motifs is 1. The molecule has 0 aliphatic heterocycles. The molecule has 2 aromatic heterocycles. The van der Waals surface area contributed by atoms with E-state index in [2.05, 4.69) is 10.1 Å². The van der Waals surface area contributed by atoms with Crippen LogP contribution in [0.15, 0.2) is 24.5 Å². The second kappa shape index (κ2) is 3.04. The topological polar surface area (TPSA) is 67.5 Å². The zero-order valence-electron chi connectivity index (χ0n) is 8.63. The number of hydrogen-bond acceptors (Lipinski definition) is 3. The van der Waals surface area contributed by atoms with Crippen LogP contribution in [-0.4, -0.2) is 25.7 Å². The lowest BCUT2D eigenvalue weighted by Gasteiger charge is -2.05. The quantitative estimate of drug-likeness (QED) is 0.837. The van der Waals surface area contributed by atoms with E-state index in [0.717, 1.165) is 24.2 Å². The molecule has 0 atom stereocenters. The van der Waals surface area contributed by atoms with Gasteiger partial charge in [0.2, 0.25) is 0 Å². The van der Waals surface area contributed by atoms with Crippen molar-refractivity contribution in [3.8, 4) is 0 Å². The molecule has 1 aliphatic carbocycles. The molecule has 16 heavy (non-hydrogen) atoms. The average molecular weight is 217 g/mol. The maximum Gasteiger partial charge on any atom is 0.310 e.